The van der Waals surface area contributed by atoms with E-state index in [2.05, 4.69) is 15.3 Å². The Balaban J connectivity index is 2.89. The lowest BCUT2D eigenvalue weighted by Crippen LogP contribution is -2.01. The number of aromatic nitrogens is 2. The zero-order chi connectivity index (χ0) is 8.27. The molecule has 1 heterocycles. The summed E-state index contributed by atoms with van der Waals surface area (Å²) in [6.45, 7) is 2.69. The van der Waals surface area contributed by atoms with E-state index < -0.39 is 0 Å². The van der Waals surface area contributed by atoms with Crippen molar-refractivity contribution in [1.82, 2.24) is 9.97 Å². The summed E-state index contributed by atoms with van der Waals surface area (Å²) in [4.78, 5) is 7.77. The first-order chi connectivity index (χ1) is 5.22. The predicted octanol–water partition coefficient (Wildman–Crippen LogP) is 2.22. The van der Waals surface area contributed by atoms with Crippen molar-refractivity contribution < 1.29 is 0 Å². The number of anilines is 1. The average molecular weight is 192 g/mol. The summed E-state index contributed by atoms with van der Waals surface area (Å²) >= 11 is 11.2. The Labute approximate surface area is 74.8 Å². The Hall–Kier alpha value is -0.540. The van der Waals surface area contributed by atoms with Crippen molar-refractivity contribution in [3.63, 3.8) is 0 Å². The van der Waals surface area contributed by atoms with Crippen LogP contribution in [0.4, 0.5) is 5.95 Å². The molecule has 1 N–H and O–H groups in total. The number of rotatable bonds is 2. The lowest BCUT2D eigenvalue weighted by atomic mass is 10.6. The number of hydrogen-bond acceptors (Lipinski definition) is 3. The molecule has 1 rings (SSSR count). The van der Waals surface area contributed by atoms with Gasteiger partial charge in [-0.25, -0.2) is 9.97 Å². The molecule has 11 heavy (non-hydrogen) atoms. The van der Waals surface area contributed by atoms with Crippen LogP contribution >= 0.6 is 23.2 Å². The van der Waals surface area contributed by atoms with Crippen LogP contribution in [0.2, 0.25) is 10.3 Å². The van der Waals surface area contributed by atoms with Gasteiger partial charge in [0.2, 0.25) is 5.95 Å². The zero-order valence-electron chi connectivity index (χ0n) is 5.93. The van der Waals surface area contributed by atoms with E-state index in [0.717, 1.165) is 6.54 Å². The lowest BCUT2D eigenvalue weighted by molar-refractivity contribution is 1.08. The number of nitrogens with one attached hydrogen (secondary N) is 1. The Bertz CT molecular complexity index is 231. The summed E-state index contributed by atoms with van der Waals surface area (Å²) in [7, 11) is 0. The van der Waals surface area contributed by atoms with Gasteiger partial charge in [0.25, 0.3) is 0 Å². The first-order valence-electron chi connectivity index (χ1n) is 3.16. The minimum Gasteiger partial charge on any atom is -0.354 e. The second-order valence-corrected chi connectivity index (χ2v) is 2.64. The topological polar surface area (TPSA) is 37.8 Å². The van der Waals surface area contributed by atoms with E-state index in [4.69, 9.17) is 23.2 Å². The summed E-state index contributed by atoms with van der Waals surface area (Å²) in [6, 6.07) is 1.49. The molecule has 0 atom stereocenters. The van der Waals surface area contributed by atoms with Gasteiger partial charge in [-0.3, -0.25) is 0 Å². The summed E-state index contributed by atoms with van der Waals surface area (Å²) in [5.41, 5.74) is 0. The van der Waals surface area contributed by atoms with Gasteiger partial charge < -0.3 is 5.32 Å². The molecule has 0 aliphatic heterocycles. The number of nitrogens with zero attached hydrogens (tertiary/aromatic N) is 2. The molecule has 0 aliphatic carbocycles. The smallest absolute Gasteiger partial charge is 0.225 e. The van der Waals surface area contributed by atoms with E-state index in [1.54, 1.807) is 0 Å². The van der Waals surface area contributed by atoms with Crippen LogP contribution in [-0.2, 0) is 0 Å². The van der Waals surface area contributed by atoms with Gasteiger partial charge in [0.05, 0.1) is 0 Å². The molecule has 0 aromatic carbocycles. The monoisotopic (exact) mass is 191 g/mol. The predicted molar refractivity (Wildman–Crippen MR) is 46.2 cm³/mol. The molecule has 1 aromatic heterocycles. The Kier molecular flexibility index (Phi) is 2.91. The van der Waals surface area contributed by atoms with E-state index in [1.165, 1.54) is 6.07 Å². The van der Waals surface area contributed by atoms with Crippen LogP contribution < -0.4 is 5.32 Å². The zero-order valence-corrected chi connectivity index (χ0v) is 7.45. The summed E-state index contributed by atoms with van der Waals surface area (Å²) < 4.78 is 0. The van der Waals surface area contributed by atoms with Crippen molar-refractivity contribution >= 4 is 29.2 Å². The number of hydrogen-bond donors (Lipinski definition) is 1. The Morgan fingerprint density at radius 2 is 1.91 bits per heavy atom. The molecule has 0 amide bonds. The Morgan fingerprint density at radius 3 is 2.36 bits per heavy atom. The number of halogens is 2. The highest BCUT2D eigenvalue weighted by Gasteiger charge is 1.98. The van der Waals surface area contributed by atoms with Gasteiger partial charge in [-0.2, -0.15) is 0 Å². The highest BCUT2D eigenvalue weighted by Crippen LogP contribution is 2.13. The van der Waals surface area contributed by atoms with E-state index in [0.29, 0.717) is 16.3 Å². The molecule has 1 aromatic rings. The minimum absolute atomic E-state index is 0.348. The van der Waals surface area contributed by atoms with Crippen molar-refractivity contribution in [2.75, 3.05) is 11.9 Å². The third kappa shape index (κ3) is 2.52. The van der Waals surface area contributed by atoms with Crippen LogP contribution in [0.3, 0.4) is 0 Å². The van der Waals surface area contributed by atoms with Gasteiger partial charge in [-0.05, 0) is 6.92 Å². The largest absolute Gasteiger partial charge is 0.354 e. The van der Waals surface area contributed by atoms with Crippen LogP contribution in [0.25, 0.3) is 0 Å². The molecule has 0 spiro atoms. The standard InChI is InChI=1S/C6H7Cl2N3/c1-2-9-6-10-4(7)3-5(8)11-6/h3H,2H2,1H3,(H,9,10,11). The quantitative estimate of drug-likeness (QED) is 0.730. The molecular weight excluding hydrogens is 185 g/mol. The van der Waals surface area contributed by atoms with E-state index in [-0.39, 0.29) is 0 Å². The summed E-state index contributed by atoms with van der Waals surface area (Å²) in [6.07, 6.45) is 0. The van der Waals surface area contributed by atoms with Gasteiger partial charge in [0, 0.05) is 12.6 Å². The van der Waals surface area contributed by atoms with Crippen molar-refractivity contribution in [2.24, 2.45) is 0 Å². The maximum atomic E-state index is 5.61. The van der Waals surface area contributed by atoms with Crippen molar-refractivity contribution in [2.45, 2.75) is 6.92 Å². The highest BCUT2D eigenvalue weighted by molar-refractivity contribution is 6.33. The van der Waals surface area contributed by atoms with Crippen molar-refractivity contribution in [1.29, 1.82) is 0 Å². The van der Waals surface area contributed by atoms with Gasteiger partial charge in [-0.1, -0.05) is 23.2 Å². The Morgan fingerprint density at radius 1 is 1.36 bits per heavy atom. The van der Waals surface area contributed by atoms with E-state index >= 15 is 0 Å². The molecule has 0 radical (unpaired) electrons. The van der Waals surface area contributed by atoms with Crippen LogP contribution in [0, 0.1) is 0 Å². The highest BCUT2D eigenvalue weighted by atomic mass is 35.5. The molecule has 3 nitrogen and oxygen atoms in total. The van der Waals surface area contributed by atoms with E-state index in [1.807, 2.05) is 6.92 Å². The second-order valence-electron chi connectivity index (χ2n) is 1.87. The molecule has 0 aliphatic rings. The lowest BCUT2D eigenvalue weighted by Gasteiger charge is -2.00. The van der Waals surface area contributed by atoms with Crippen LogP contribution in [0.15, 0.2) is 6.07 Å². The van der Waals surface area contributed by atoms with Crippen LogP contribution in [0.5, 0.6) is 0 Å². The molecule has 0 saturated carbocycles. The molecular formula is C6H7Cl2N3. The third-order valence-electron chi connectivity index (χ3n) is 0.999. The average Bonchev–Trinajstić information content (AvgIpc) is 1.85. The van der Waals surface area contributed by atoms with Gasteiger partial charge >= 0.3 is 0 Å². The molecule has 60 valence electrons. The van der Waals surface area contributed by atoms with Crippen LogP contribution in [-0.4, -0.2) is 16.5 Å². The first kappa shape index (κ1) is 8.56. The summed E-state index contributed by atoms with van der Waals surface area (Å²) in [5, 5.41) is 3.59. The molecule has 0 unspecified atom stereocenters. The van der Waals surface area contributed by atoms with E-state index in [9.17, 15) is 0 Å². The second kappa shape index (κ2) is 3.74. The SMILES string of the molecule is CCNc1nc(Cl)cc(Cl)n1. The fraction of sp³-hybridized carbons (Fsp3) is 0.333. The molecule has 0 bridgehead atoms. The maximum absolute atomic E-state index is 5.61. The normalized spacial score (nSPS) is 9.73. The maximum Gasteiger partial charge on any atom is 0.225 e. The molecule has 0 saturated heterocycles. The van der Waals surface area contributed by atoms with Gasteiger partial charge in [0.1, 0.15) is 10.3 Å². The minimum atomic E-state index is 0.348. The van der Waals surface area contributed by atoms with Crippen LogP contribution in [0.1, 0.15) is 6.92 Å². The summed E-state index contributed by atoms with van der Waals surface area (Å²) in [5.74, 6) is 0.463. The molecule has 0 fully saturated rings. The van der Waals surface area contributed by atoms with Gasteiger partial charge in [0.15, 0.2) is 0 Å². The fourth-order valence-corrected chi connectivity index (χ4v) is 1.05. The third-order valence-corrected chi connectivity index (χ3v) is 1.39. The first-order valence-corrected chi connectivity index (χ1v) is 3.92. The fourth-order valence-electron chi connectivity index (χ4n) is 0.627. The van der Waals surface area contributed by atoms with Gasteiger partial charge in [-0.15, -0.1) is 0 Å². The molecule has 5 heteroatoms. The van der Waals surface area contributed by atoms with Crippen molar-refractivity contribution in [3.8, 4) is 0 Å². The van der Waals surface area contributed by atoms with Crippen molar-refractivity contribution in [3.05, 3.63) is 16.4 Å².